The Morgan fingerprint density at radius 1 is 1.00 bits per heavy atom. The molecule has 0 unspecified atom stereocenters. The molecular weight excluding hydrogens is 358 g/mol. The molecule has 4 aromatic rings. The minimum absolute atomic E-state index is 0.413. The fraction of sp³-hybridized carbons (Fsp3) is 0.182. The molecule has 0 spiro atoms. The van der Waals surface area contributed by atoms with Crippen molar-refractivity contribution in [3.8, 4) is 11.6 Å². The Morgan fingerprint density at radius 3 is 2.52 bits per heavy atom. The number of pyridine rings is 1. The van der Waals surface area contributed by atoms with E-state index in [2.05, 4.69) is 38.1 Å². The first-order chi connectivity index (χ1) is 13.0. The van der Waals surface area contributed by atoms with Gasteiger partial charge in [-0.1, -0.05) is 41.4 Å². The molecule has 0 aliphatic heterocycles. The van der Waals surface area contributed by atoms with Crippen LogP contribution in [-0.4, -0.2) is 14.8 Å². The molecule has 4 rings (SSSR count). The normalized spacial score (nSPS) is 11.1. The van der Waals surface area contributed by atoms with Gasteiger partial charge in [-0.05, 0) is 56.2 Å². The van der Waals surface area contributed by atoms with Crippen molar-refractivity contribution in [1.29, 1.82) is 0 Å². The van der Waals surface area contributed by atoms with Crippen LogP contribution in [-0.2, 0) is 6.61 Å². The van der Waals surface area contributed by atoms with E-state index in [0.29, 0.717) is 17.5 Å². The molecule has 0 saturated heterocycles. The minimum atomic E-state index is 0.413. The summed E-state index contributed by atoms with van der Waals surface area (Å²) < 4.78 is 7.82. The Kier molecular flexibility index (Phi) is 4.58. The lowest BCUT2D eigenvalue weighted by Crippen LogP contribution is -2.01. The Labute approximate surface area is 163 Å². The highest BCUT2D eigenvalue weighted by molar-refractivity contribution is 6.30. The zero-order valence-electron chi connectivity index (χ0n) is 15.5. The Bertz CT molecular complexity index is 1120. The molecule has 0 bridgehead atoms. The van der Waals surface area contributed by atoms with Crippen molar-refractivity contribution in [1.82, 2.24) is 14.8 Å². The third-order valence-electron chi connectivity index (χ3n) is 4.54. The standard InChI is InChI=1S/C22H20ClN3O/c1-14-7-9-19(10-8-14)26-22-21(16(3)25-26)15(2)11-20(24-22)27-13-17-5-4-6-18(23)12-17/h4-12H,13H2,1-3H3. The molecule has 2 heterocycles. The van der Waals surface area contributed by atoms with E-state index in [0.717, 1.165) is 33.5 Å². The molecule has 0 saturated carbocycles. The van der Waals surface area contributed by atoms with E-state index in [-0.39, 0.29) is 0 Å². The summed E-state index contributed by atoms with van der Waals surface area (Å²) >= 11 is 6.05. The second-order valence-corrected chi connectivity index (χ2v) is 7.16. The fourth-order valence-electron chi connectivity index (χ4n) is 3.20. The smallest absolute Gasteiger partial charge is 0.215 e. The number of nitrogens with zero attached hydrogens (tertiary/aromatic N) is 3. The van der Waals surface area contributed by atoms with Crippen LogP contribution in [0.5, 0.6) is 5.88 Å². The predicted octanol–water partition coefficient (Wildman–Crippen LogP) is 5.58. The Hall–Kier alpha value is -2.85. The van der Waals surface area contributed by atoms with E-state index in [1.165, 1.54) is 5.56 Å². The quantitative estimate of drug-likeness (QED) is 0.466. The second-order valence-electron chi connectivity index (χ2n) is 6.73. The average Bonchev–Trinajstić information content (AvgIpc) is 2.98. The van der Waals surface area contributed by atoms with Crippen LogP contribution in [0.1, 0.15) is 22.4 Å². The molecule has 0 aliphatic rings. The van der Waals surface area contributed by atoms with Crippen LogP contribution < -0.4 is 4.74 Å². The highest BCUT2D eigenvalue weighted by Gasteiger charge is 2.15. The van der Waals surface area contributed by atoms with Gasteiger partial charge in [0.2, 0.25) is 5.88 Å². The van der Waals surface area contributed by atoms with E-state index in [1.54, 1.807) is 0 Å². The van der Waals surface area contributed by atoms with Gasteiger partial charge in [-0.15, -0.1) is 0 Å². The van der Waals surface area contributed by atoms with E-state index in [4.69, 9.17) is 26.4 Å². The van der Waals surface area contributed by atoms with E-state index < -0.39 is 0 Å². The summed E-state index contributed by atoms with van der Waals surface area (Å²) in [5, 5.41) is 6.46. The summed E-state index contributed by atoms with van der Waals surface area (Å²) in [6, 6.07) is 17.9. The summed E-state index contributed by atoms with van der Waals surface area (Å²) in [4.78, 5) is 4.74. The molecule has 0 amide bonds. The Morgan fingerprint density at radius 2 is 1.78 bits per heavy atom. The van der Waals surface area contributed by atoms with E-state index >= 15 is 0 Å². The zero-order chi connectivity index (χ0) is 19.0. The summed E-state index contributed by atoms with van der Waals surface area (Å²) in [5.74, 6) is 0.577. The first-order valence-electron chi connectivity index (χ1n) is 8.82. The van der Waals surface area contributed by atoms with Gasteiger partial charge in [0, 0.05) is 16.5 Å². The maximum atomic E-state index is 6.05. The summed E-state index contributed by atoms with van der Waals surface area (Å²) in [6.45, 7) is 6.55. The number of rotatable bonds is 4. The van der Waals surface area contributed by atoms with Crippen molar-refractivity contribution in [2.45, 2.75) is 27.4 Å². The molecule has 0 N–H and O–H groups in total. The van der Waals surface area contributed by atoms with Crippen LogP contribution in [0, 0.1) is 20.8 Å². The topological polar surface area (TPSA) is 39.9 Å². The predicted molar refractivity (Wildman–Crippen MR) is 109 cm³/mol. The number of hydrogen-bond acceptors (Lipinski definition) is 3. The number of ether oxygens (including phenoxy) is 1. The number of aryl methyl sites for hydroxylation is 3. The molecule has 0 fully saturated rings. The lowest BCUT2D eigenvalue weighted by Gasteiger charge is -2.09. The number of benzene rings is 2. The number of hydrogen-bond donors (Lipinski definition) is 0. The third kappa shape index (κ3) is 3.53. The van der Waals surface area contributed by atoms with Gasteiger partial charge < -0.3 is 4.74 Å². The highest BCUT2D eigenvalue weighted by atomic mass is 35.5. The first-order valence-corrected chi connectivity index (χ1v) is 9.20. The van der Waals surface area contributed by atoms with Crippen LogP contribution in [0.25, 0.3) is 16.7 Å². The van der Waals surface area contributed by atoms with Gasteiger partial charge >= 0.3 is 0 Å². The number of aromatic nitrogens is 3. The fourth-order valence-corrected chi connectivity index (χ4v) is 3.41. The minimum Gasteiger partial charge on any atom is -0.473 e. The highest BCUT2D eigenvalue weighted by Crippen LogP contribution is 2.27. The van der Waals surface area contributed by atoms with E-state index in [1.807, 2.05) is 41.9 Å². The monoisotopic (exact) mass is 377 g/mol. The zero-order valence-corrected chi connectivity index (χ0v) is 16.3. The Balaban J connectivity index is 1.73. The largest absolute Gasteiger partial charge is 0.473 e. The molecule has 2 aromatic heterocycles. The van der Waals surface area contributed by atoms with Gasteiger partial charge in [0.15, 0.2) is 5.65 Å². The molecule has 0 radical (unpaired) electrons. The summed E-state index contributed by atoms with van der Waals surface area (Å²) in [5.41, 5.74) is 6.05. The SMILES string of the molecule is Cc1ccc(-n2nc(C)c3c(C)cc(OCc4cccc(Cl)c4)nc32)cc1. The molecule has 27 heavy (non-hydrogen) atoms. The van der Waals surface area contributed by atoms with Crippen LogP contribution >= 0.6 is 11.6 Å². The van der Waals surface area contributed by atoms with Crippen molar-refractivity contribution in [3.63, 3.8) is 0 Å². The van der Waals surface area contributed by atoms with Crippen molar-refractivity contribution in [2.24, 2.45) is 0 Å². The van der Waals surface area contributed by atoms with Crippen LogP contribution in [0.4, 0.5) is 0 Å². The lowest BCUT2D eigenvalue weighted by molar-refractivity contribution is 0.294. The van der Waals surface area contributed by atoms with E-state index in [9.17, 15) is 0 Å². The van der Waals surface area contributed by atoms with Gasteiger partial charge in [-0.3, -0.25) is 0 Å². The van der Waals surface area contributed by atoms with Gasteiger partial charge in [0.25, 0.3) is 0 Å². The van der Waals surface area contributed by atoms with Crippen molar-refractivity contribution < 1.29 is 4.74 Å². The van der Waals surface area contributed by atoms with Crippen molar-refractivity contribution in [2.75, 3.05) is 0 Å². The van der Waals surface area contributed by atoms with Crippen molar-refractivity contribution >= 4 is 22.6 Å². The van der Waals surface area contributed by atoms with Crippen LogP contribution in [0.3, 0.4) is 0 Å². The number of fused-ring (bicyclic) bond motifs is 1. The van der Waals surface area contributed by atoms with Gasteiger partial charge in [0.1, 0.15) is 6.61 Å². The van der Waals surface area contributed by atoms with Crippen LogP contribution in [0.2, 0.25) is 5.02 Å². The maximum absolute atomic E-state index is 6.05. The van der Waals surface area contributed by atoms with Gasteiger partial charge in [0.05, 0.1) is 11.4 Å². The molecule has 2 aromatic carbocycles. The molecule has 5 heteroatoms. The molecular formula is C22H20ClN3O. The number of halogens is 1. The third-order valence-corrected chi connectivity index (χ3v) is 4.78. The van der Waals surface area contributed by atoms with Gasteiger partial charge in [-0.25, -0.2) is 4.68 Å². The summed E-state index contributed by atoms with van der Waals surface area (Å²) in [6.07, 6.45) is 0. The van der Waals surface area contributed by atoms with Crippen LogP contribution in [0.15, 0.2) is 54.6 Å². The van der Waals surface area contributed by atoms with Gasteiger partial charge in [-0.2, -0.15) is 10.1 Å². The molecule has 4 nitrogen and oxygen atoms in total. The lowest BCUT2D eigenvalue weighted by atomic mass is 10.1. The summed E-state index contributed by atoms with van der Waals surface area (Å²) in [7, 11) is 0. The van der Waals surface area contributed by atoms with Crippen molar-refractivity contribution in [3.05, 3.63) is 82.0 Å². The first kappa shape index (κ1) is 17.6. The molecule has 0 atom stereocenters. The average molecular weight is 378 g/mol. The molecule has 136 valence electrons. The second kappa shape index (κ2) is 7.05. The maximum Gasteiger partial charge on any atom is 0.215 e. The molecule has 0 aliphatic carbocycles.